The maximum Gasteiger partial charge on any atom is 0.409 e. The molecule has 12 amide bonds. The molecule has 0 bridgehead atoms. The van der Waals surface area contributed by atoms with Crippen LogP contribution in [0.15, 0.2) is 12.2 Å². The molecule has 0 aromatic rings. The summed E-state index contributed by atoms with van der Waals surface area (Å²) in [4.78, 5) is 188. The minimum absolute atomic E-state index is 0.0920. The highest BCUT2D eigenvalue weighted by atomic mass is 16.6. The molecule has 3 aliphatic heterocycles. The van der Waals surface area contributed by atoms with Crippen molar-refractivity contribution in [3.05, 3.63) is 12.2 Å². The Morgan fingerprint density at radius 1 is 0.541 bits per heavy atom. The number of rotatable bonds is 18. The maximum absolute atomic E-state index is 15.4. The number of amides is 12. The fourth-order valence-electron chi connectivity index (χ4n) is 12.8. The predicted octanol–water partition coefficient (Wildman–Crippen LogP) is 1.13. The number of aliphatic hydroxyl groups excluding tert-OH is 2. The van der Waals surface area contributed by atoms with Crippen molar-refractivity contribution in [2.45, 2.75) is 221 Å². The van der Waals surface area contributed by atoms with E-state index in [1.165, 1.54) is 75.7 Å². The molecule has 0 aromatic carbocycles. The molecule has 0 aliphatic carbocycles. The molecule has 3 heterocycles. The van der Waals surface area contributed by atoms with Gasteiger partial charge in [-0.15, -0.1) is 0 Å². The standard InChI is InChI=1S/C69H121N13O16/c1-23-25-26-44(13)57(84)56-61(88)72-48(24-2)63(90)82-37-47(97-31-32-98-69(96)81-29-27-74(16)28-30-81)36-52(82)66(93)78(20)53(38-83)60(87)73-54(42(9)10)67(94)75(17)49(33-39(3)4)59(86)70-45(14)58(85)71-46(15)62(89)76(18)50(34-40(5)6)64(91)77(19)51(35-41(7)8)65(92)79(21)55(43(11)12)68(95)80(56)22/h23,25,39-57,83-84H,24,26-38H2,1-22H3,(H,70,86)(H,71,85)(H,72,88)(H,73,87)/b25-23+/t44-,45+,46-,47?,48+,49+,50+,51+,52-,53+,54+,55+,56+,57-/m1/s1. The Morgan fingerprint density at radius 2 is 1.03 bits per heavy atom. The first-order valence-electron chi connectivity index (χ1n) is 34.9. The second kappa shape index (κ2) is 39.1. The van der Waals surface area contributed by atoms with Gasteiger partial charge >= 0.3 is 6.09 Å². The van der Waals surface area contributed by atoms with Crippen LogP contribution in [0.3, 0.4) is 0 Å². The lowest BCUT2D eigenvalue weighted by Gasteiger charge is -2.41. The van der Waals surface area contributed by atoms with Crippen LogP contribution in [-0.2, 0) is 62.2 Å². The van der Waals surface area contributed by atoms with Gasteiger partial charge in [0.2, 0.25) is 65.0 Å². The van der Waals surface area contributed by atoms with Crippen molar-refractivity contribution in [1.82, 2.24) is 65.4 Å². The normalized spacial score (nSPS) is 28.0. The Bertz CT molecular complexity index is 2760. The van der Waals surface area contributed by atoms with Gasteiger partial charge in [0.05, 0.1) is 25.4 Å². The molecule has 6 N–H and O–H groups in total. The topological polar surface area (TPSA) is 341 Å². The van der Waals surface area contributed by atoms with Gasteiger partial charge in [-0.3, -0.25) is 52.7 Å². The van der Waals surface area contributed by atoms with Crippen molar-refractivity contribution in [1.29, 1.82) is 0 Å². The third-order valence-electron chi connectivity index (χ3n) is 19.0. The first-order valence-corrected chi connectivity index (χ1v) is 34.9. The van der Waals surface area contributed by atoms with E-state index in [1.807, 2.05) is 48.6 Å². The van der Waals surface area contributed by atoms with Crippen LogP contribution >= 0.6 is 0 Å². The number of fused-ring (bicyclic) bond motifs is 1. The van der Waals surface area contributed by atoms with Crippen molar-refractivity contribution < 1.29 is 77.2 Å². The summed E-state index contributed by atoms with van der Waals surface area (Å²) in [6.45, 7) is 26.4. The quantitative estimate of drug-likeness (QED) is 0.0827. The van der Waals surface area contributed by atoms with E-state index < -0.39 is 174 Å². The lowest BCUT2D eigenvalue weighted by molar-refractivity contribution is -0.157. The zero-order chi connectivity index (χ0) is 74.7. The average Bonchev–Trinajstić information content (AvgIpc) is 1.41. The van der Waals surface area contributed by atoms with Gasteiger partial charge in [0, 0.05) is 81.4 Å². The zero-order valence-corrected chi connectivity index (χ0v) is 62.7. The molecular weight excluding hydrogens is 1270 g/mol. The molecule has 29 heteroatoms. The van der Waals surface area contributed by atoms with Crippen LogP contribution < -0.4 is 21.3 Å². The Kier molecular flexibility index (Phi) is 34.0. The van der Waals surface area contributed by atoms with Gasteiger partial charge in [0.25, 0.3) is 0 Å². The Labute approximate surface area is 582 Å². The number of nitrogens with one attached hydrogen (secondary N) is 4. The minimum Gasteiger partial charge on any atom is -0.447 e. The fraction of sp³-hybridized carbons (Fsp3) is 0.797. The smallest absolute Gasteiger partial charge is 0.409 e. The van der Waals surface area contributed by atoms with Crippen LogP contribution in [0.1, 0.15) is 142 Å². The summed E-state index contributed by atoms with van der Waals surface area (Å²) in [7, 11) is 10.2. The summed E-state index contributed by atoms with van der Waals surface area (Å²) in [5.74, 6) is -11.0. The molecule has 0 saturated carbocycles. The molecular formula is C69H121N13O16. The Hall–Kier alpha value is -6.98. The number of piperazine rings is 1. The van der Waals surface area contributed by atoms with E-state index in [-0.39, 0.29) is 76.0 Å². The summed E-state index contributed by atoms with van der Waals surface area (Å²) in [6.07, 6.45) is 0.839. The van der Waals surface area contributed by atoms with E-state index in [0.717, 1.165) is 14.7 Å². The van der Waals surface area contributed by atoms with Gasteiger partial charge in [-0.25, -0.2) is 4.79 Å². The van der Waals surface area contributed by atoms with E-state index in [0.29, 0.717) is 26.2 Å². The summed E-state index contributed by atoms with van der Waals surface area (Å²) in [5, 5.41) is 34.1. The number of likely N-dealkylation sites (N-methyl/N-ethyl adjacent to an activating group) is 7. The third kappa shape index (κ3) is 22.8. The summed E-state index contributed by atoms with van der Waals surface area (Å²) >= 11 is 0. The van der Waals surface area contributed by atoms with Crippen LogP contribution in [0, 0.1) is 35.5 Å². The number of carbonyl (C=O) groups excluding carboxylic acids is 12. The highest BCUT2D eigenvalue weighted by molar-refractivity contribution is 6.00. The number of carbonyl (C=O) groups is 12. The lowest BCUT2D eigenvalue weighted by atomic mass is 9.91. The zero-order valence-electron chi connectivity index (χ0n) is 62.7. The number of ether oxygens (including phenoxy) is 2. The molecule has 0 radical (unpaired) electrons. The van der Waals surface area contributed by atoms with Crippen LogP contribution in [0.4, 0.5) is 4.79 Å². The van der Waals surface area contributed by atoms with E-state index in [9.17, 15) is 39.0 Å². The van der Waals surface area contributed by atoms with Gasteiger partial charge in [0.1, 0.15) is 73.1 Å². The van der Waals surface area contributed by atoms with Gasteiger partial charge in [0.15, 0.2) is 0 Å². The van der Waals surface area contributed by atoms with E-state index >= 15 is 28.8 Å². The van der Waals surface area contributed by atoms with Crippen molar-refractivity contribution in [3.63, 3.8) is 0 Å². The number of nitrogens with zero attached hydrogens (tertiary/aromatic N) is 9. The van der Waals surface area contributed by atoms with Crippen molar-refractivity contribution >= 4 is 71.1 Å². The second-order valence-corrected chi connectivity index (χ2v) is 29.0. The van der Waals surface area contributed by atoms with Gasteiger partial charge in [-0.05, 0) is 95.4 Å². The molecule has 98 heavy (non-hydrogen) atoms. The fourth-order valence-corrected chi connectivity index (χ4v) is 12.8. The number of hydrogen-bond donors (Lipinski definition) is 6. The van der Waals surface area contributed by atoms with E-state index in [1.54, 1.807) is 65.5 Å². The third-order valence-corrected chi connectivity index (χ3v) is 19.0. The minimum atomic E-state index is -1.71. The largest absolute Gasteiger partial charge is 0.447 e. The molecule has 558 valence electrons. The Morgan fingerprint density at radius 3 is 1.54 bits per heavy atom. The van der Waals surface area contributed by atoms with E-state index in [4.69, 9.17) is 9.47 Å². The molecule has 1 unspecified atom stereocenters. The monoisotopic (exact) mass is 1390 g/mol. The SMILES string of the molecule is C/C=C/C[C@@H](C)[C@@H](O)[C@H]1C(=O)N[C@@H](CC)C(=O)N2CC(OCCOC(=O)N3CCN(C)CC3)C[C@@H]2C(=O)N(C)[C@@H](CO)C(=O)N[C@@H](C(C)C)C(=O)N(C)[C@@H](CC(C)C)C(=O)N[C@@H](C)C(=O)N[C@H](C)C(=O)N(C)[C@@H](CC(C)C)C(=O)N(C)[C@@H](CC(C)C)C(=O)N(C)[C@@H](C(C)C)C(=O)N1C. The molecule has 3 aliphatic rings. The Balaban J connectivity index is 2.34. The lowest BCUT2D eigenvalue weighted by Crippen LogP contribution is -2.64. The van der Waals surface area contributed by atoms with Crippen molar-refractivity contribution in [2.75, 3.05) is 102 Å². The molecule has 3 saturated heterocycles. The van der Waals surface area contributed by atoms with Crippen LogP contribution in [-0.4, -0.2) is 306 Å². The highest BCUT2D eigenvalue weighted by Crippen LogP contribution is 2.28. The van der Waals surface area contributed by atoms with Crippen molar-refractivity contribution in [2.24, 2.45) is 35.5 Å². The molecule has 3 rings (SSSR count). The molecule has 3 fully saturated rings. The van der Waals surface area contributed by atoms with Gasteiger partial charge in [-0.1, -0.05) is 95.2 Å². The van der Waals surface area contributed by atoms with Gasteiger partial charge in [-0.2, -0.15) is 0 Å². The number of hydrogen-bond acceptors (Lipinski definition) is 17. The molecule has 14 atom stereocenters. The molecule has 0 spiro atoms. The molecule has 0 aromatic heterocycles. The summed E-state index contributed by atoms with van der Waals surface area (Å²) < 4.78 is 11.7. The average molecular weight is 1390 g/mol. The molecule has 29 nitrogen and oxygen atoms in total. The van der Waals surface area contributed by atoms with Crippen molar-refractivity contribution in [3.8, 4) is 0 Å². The highest BCUT2D eigenvalue weighted by Gasteiger charge is 2.49. The van der Waals surface area contributed by atoms with Crippen LogP contribution in [0.2, 0.25) is 0 Å². The van der Waals surface area contributed by atoms with Crippen LogP contribution in [0.5, 0.6) is 0 Å². The predicted molar refractivity (Wildman–Crippen MR) is 369 cm³/mol. The number of allylic oxidation sites excluding steroid dienone is 2. The number of aliphatic hydroxyl groups is 2. The first kappa shape index (κ1) is 85.2. The summed E-state index contributed by atoms with van der Waals surface area (Å²) in [5.41, 5.74) is 0. The summed E-state index contributed by atoms with van der Waals surface area (Å²) in [6, 6.07) is -15.1. The van der Waals surface area contributed by atoms with Gasteiger partial charge < -0.3 is 85.1 Å². The second-order valence-electron chi connectivity index (χ2n) is 29.0. The maximum atomic E-state index is 15.4. The first-order chi connectivity index (χ1) is 45.7. The van der Waals surface area contributed by atoms with E-state index in [2.05, 4.69) is 26.2 Å². The van der Waals surface area contributed by atoms with Crippen LogP contribution in [0.25, 0.3) is 0 Å².